The summed E-state index contributed by atoms with van der Waals surface area (Å²) in [5.74, 6) is 2.32. The smallest absolute Gasteiger partial charge is 0.253 e. The summed E-state index contributed by atoms with van der Waals surface area (Å²) in [6, 6.07) is 6.50. The normalized spacial score (nSPS) is 24.0. The molecule has 2 aliphatic heterocycles. The molecule has 5 rings (SSSR count). The zero-order valence-electron chi connectivity index (χ0n) is 19.6. The zero-order chi connectivity index (χ0) is 22.9. The Labute approximate surface area is 195 Å². The lowest BCUT2D eigenvalue weighted by molar-refractivity contribution is 0.0933. The fourth-order valence-electron chi connectivity index (χ4n) is 5.41. The highest BCUT2D eigenvalue weighted by atomic mass is 16.5. The van der Waals surface area contributed by atoms with E-state index in [1.807, 2.05) is 6.07 Å². The summed E-state index contributed by atoms with van der Waals surface area (Å²) in [6.45, 7) is 6.43. The van der Waals surface area contributed by atoms with Crippen molar-refractivity contribution >= 4 is 17.5 Å². The van der Waals surface area contributed by atoms with Gasteiger partial charge in [-0.05, 0) is 55.9 Å². The van der Waals surface area contributed by atoms with E-state index in [4.69, 9.17) is 15.5 Å². The number of rotatable bonds is 6. The minimum Gasteiger partial charge on any atom is -0.384 e. The third-order valence-corrected chi connectivity index (χ3v) is 7.32. The maximum Gasteiger partial charge on any atom is 0.253 e. The minimum absolute atomic E-state index is 0.0338. The van der Waals surface area contributed by atoms with Crippen LogP contribution in [-0.4, -0.2) is 67.9 Å². The van der Waals surface area contributed by atoms with Crippen LogP contribution in [0.25, 0.3) is 0 Å². The number of carbonyl (C=O) groups excluding carboxylic acids is 1. The summed E-state index contributed by atoms with van der Waals surface area (Å²) in [6.07, 6.45) is 5.23. The van der Waals surface area contributed by atoms with Crippen LogP contribution in [0, 0.1) is 5.92 Å². The predicted molar refractivity (Wildman–Crippen MR) is 129 cm³/mol. The van der Waals surface area contributed by atoms with Crippen LogP contribution < -0.4 is 20.9 Å². The molecular formula is C25H34N6O2. The molecule has 2 aromatic rings. The molecule has 0 bridgehead atoms. The van der Waals surface area contributed by atoms with Crippen LogP contribution in [0.5, 0.6) is 0 Å². The van der Waals surface area contributed by atoms with Crippen LogP contribution in [0.3, 0.4) is 0 Å². The van der Waals surface area contributed by atoms with E-state index in [1.54, 1.807) is 13.3 Å². The van der Waals surface area contributed by atoms with Gasteiger partial charge in [0, 0.05) is 63.2 Å². The van der Waals surface area contributed by atoms with E-state index in [2.05, 4.69) is 39.2 Å². The second-order valence-corrected chi connectivity index (χ2v) is 9.51. The number of anilines is 2. The van der Waals surface area contributed by atoms with Crippen molar-refractivity contribution in [2.45, 2.75) is 44.7 Å². The van der Waals surface area contributed by atoms with Crippen molar-refractivity contribution in [2.75, 3.05) is 49.7 Å². The summed E-state index contributed by atoms with van der Waals surface area (Å²) < 4.78 is 5.31. The highest BCUT2D eigenvalue weighted by molar-refractivity contribution is 5.94. The van der Waals surface area contributed by atoms with E-state index in [9.17, 15) is 4.79 Å². The molecule has 3 N–H and O–H groups in total. The standard InChI is InChI=1S/C25H34N6O2/c1-3-30-9-8-17-10-18(12-27-24(17)30)25(32)28-20-5-6-22-16(11-20)4-7-23(29-22)31-13-19(15-33-2)21(26)14-31/h4,7,10,12,19-21H,3,5-6,8-9,11,13-15,26H2,1-2H3,(H,28,32)/t19?,20-,21-/m0/s1. The number of amides is 1. The third kappa shape index (κ3) is 4.42. The summed E-state index contributed by atoms with van der Waals surface area (Å²) in [4.78, 5) is 26.9. The molecule has 1 fully saturated rings. The number of hydrogen-bond donors (Lipinski definition) is 2. The van der Waals surface area contributed by atoms with Crippen LogP contribution in [-0.2, 0) is 24.0 Å². The number of aryl methyl sites for hydroxylation is 1. The molecule has 2 aromatic heterocycles. The van der Waals surface area contributed by atoms with Crippen molar-refractivity contribution in [2.24, 2.45) is 11.7 Å². The van der Waals surface area contributed by atoms with Crippen LogP contribution in [0.15, 0.2) is 24.4 Å². The molecule has 33 heavy (non-hydrogen) atoms. The Hall–Kier alpha value is -2.71. The number of methoxy groups -OCH3 is 1. The molecule has 3 aliphatic rings. The monoisotopic (exact) mass is 450 g/mol. The van der Waals surface area contributed by atoms with Gasteiger partial charge in [0.2, 0.25) is 0 Å². The Bertz CT molecular complexity index is 1030. The fourth-order valence-corrected chi connectivity index (χ4v) is 5.41. The Morgan fingerprint density at radius 2 is 2.15 bits per heavy atom. The zero-order valence-corrected chi connectivity index (χ0v) is 19.6. The van der Waals surface area contributed by atoms with E-state index in [1.165, 1.54) is 11.1 Å². The van der Waals surface area contributed by atoms with Crippen LogP contribution in [0.4, 0.5) is 11.6 Å². The molecule has 0 aromatic carbocycles. The number of hydrogen-bond acceptors (Lipinski definition) is 7. The van der Waals surface area contributed by atoms with Gasteiger partial charge < -0.3 is 25.6 Å². The summed E-state index contributed by atoms with van der Waals surface area (Å²) in [7, 11) is 1.72. The lowest BCUT2D eigenvalue weighted by Crippen LogP contribution is -2.39. The fraction of sp³-hybridized carbons (Fsp3) is 0.560. The number of likely N-dealkylation sites (N-methyl/N-ethyl adjacent to an activating group) is 1. The first kappa shape index (κ1) is 22.1. The molecule has 8 heteroatoms. The number of pyridine rings is 2. The largest absolute Gasteiger partial charge is 0.384 e. The van der Waals surface area contributed by atoms with Gasteiger partial charge in [0.05, 0.1) is 12.2 Å². The number of carbonyl (C=O) groups is 1. The van der Waals surface area contributed by atoms with E-state index in [0.717, 1.165) is 69.2 Å². The Kier molecular flexibility index (Phi) is 6.21. The number of fused-ring (bicyclic) bond motifs is 2. The van der Waals surface area contributed by atoms with E-state index >= 15 is 0 Å². The summed E-state index contributed by atoms with van der Waals surface area (Å²) in [5, 5.41) is 3.23. The van der Waals surface area contributed by atoms with Crippen molar-refractivity contribution < 1.29 is 9.53 Å². The quantitative estimate of drug-likeness (QED) is 0.689. The Balaban J connectivity index is 1.22. The molecule has 1 aliphatic carbocycles. The first-order valence-corrected chi connectivity index (χ1v) is 12.1. The van der Waals surface area contributed by atoms with Crippen molar-refractivity contribution in [1.82, 2.24) is 15.3 Å². The number of nitrogens with one attached hydrogen (secondary N) is 1. The van der Waals surface area contributed by atoms with Gasteiger partial charge in [0.1, 0.15) is 11.6 Å². The summed E-state index contributed by atoms with van der Waals surface area (Å²) >= 11 is 0. The average Bonchev–Trinajstić information content (AvgIpc) is 3.41. The molecular weight excluding hydrogens is 416 g/mol. The average molecular weight is 451 g/mol. The van der Waals surface area contributed by atoms with Gasteiger partial charge in [-0.2, -0.15) is 0 Å². The molecule has 3 atom stereocenters. The van der Waals surface area contributed by atoms with Gasteiger partial charge in [-0.3, -0.25) is 4.79 Å². The first-order valence-electron chi connectivity index (χ1n) is 12.1. The maximum absolute atomic E-state index is 12.9. The first-order chi connectivity index (χ1) is 16.1. The Morgan fingerprint density at radius 3 is 2.97 bits per heavy atom. The van der Waals surface area contributed by atoms with Crippen LogP contribution in [0.2, 0.25) is 0 Å². The molecule has 1 amide bonds. The molecule has 0 saturated carbocycles. The SMILES string of the molecule is CCN1CCc2cc(C(=O)N[C@H]3CCc4nc(N5CC(COC)[C@@H](N)C5)ccc4C3)cnc21. The van der Waals surface area contributed by atoms with Gasteiger partial charge in [-0.1, -0.05) is 6.07 Å². The highest BCUT2D eigenvalue weighted by Gasteiger charge is 2.31. The van der Waals surface area contributed by atoms with Gasteiger partial charge in [-0.15, -0.1) is 0 Å². The number of ether oxygens (including phenoxy) is 1. The minimum atomic E-state index is -0.0338. The van der Waals surface area contributed by atoms with Gasteiger partial charge >= 0.3 is 0 Å². The number of nitrogens with two attached hydrogens (primary N) is 1. The third-order valence-electron chi connectivity index (χ3n) is 7.32. The molecule has 8 nitrogen and oxygen atoms in total. The molecule has 1 saturated heterocycles. The molecule has 0 radical (unpaired) electrons. The summed E-state index contributed by atoms with van der Waals surface area (Å²) in [5.41, 5.74) is 10.5. The predicted octanol–water partition coefficient (Wildman–Crippen LogP) is 1.56. The topological polar surface area (TPSA) is 96.6 Å². The van der Waals surface area contributed by atoms with Gasteiger partial charge in [0.25, 0.3) is 5.91 Å². The van der Waals surface area contributed by atoms with E-state index in [0.29, 0.717) is 18.1 Å². The highest BCUT2D eigenvalue weighted by Crippen LogP contribution is 2.28. The second-order valence-electron chi connectivity index (χ2n) is 9.51. The second kappa shape index (κ2) is 9.27. The lowest BCUT2D eigenvalue weighted by Gasteiger charge is -2.27. The van der Waals surface area contributed by atoms with Gasteiger partial charge in [-0.25, -0.2) is 9.97 Å². The van der Waals surface area contributed by atoms with Crippen LogP contribution >= 0.6 is 0 Å². The molecule has 176 valence electrons. The molecule has 1 unspecified atom stereocenters. The molecule has 4 heterocycles. The molecule has 0 spiro atoms. The van der Waals surface area contributed by atoms with Crippen molar-refractivity contribution in [1.29, 1.82) is 0 Å². The number of aromatic nitrogens is 2. The lowest BCUT2D eigenvalue weighted by atomic mass is 9.91. The van der Waals surface area contributed by atoms with Crippen molar-refractivity contribution in [3.05, 3.63) is 46.8 Å². The van der Waals surface area contributed by atoms with Gasteiger partial charge in [0.15, 0.2) is 0 Å². The van der Waals surface area contributed by atoms with E-state index in [-0.39, 0.29) is 18.0 Å². The Morgan fingerprint density at radius 1 is 1.27 bits per heavy atom. The van der Waals surface area contributed by atoms with Crippen LogP contribution in [0.1, 0.15) is 40.5 Å². The van der Waals surface area contributed by atoms with Crippen molar-refractivity contribution in [3.63, 3.8) is 0 Å². The van der Waals surface area contributed by atoms with Crippen molar-refractivity contribution in [3.8, 4) is 0 Å². The maximum atomic E-state index is 12.9. The van der Waals surface area contributed by atoms with E-state index < -0.39 is 0 Å². The number of nitrogens with zero attached hydrogens (tertiary/aromatic N) is 4.